The summed E-state index contributed by atoms with van der Waals surface area (Å²) < 4.78 is 45.0. The highest BCUT2D eigenvalue weighted by atomic mass is 35.5. The van der Waals surface area contributed by atoms with Gasteiger partial charge in [-0.2, -0.15) is 0 Å². The number of halogens is 4. The Kier molecular flexibility index (Phi) is 6.04. The third kappa shape index (κ3) is 5.04. The van der Waals surface area contributed by atoms with Gasteiger partial charge in [-0.05, 0) is 37.1 Å². The van der Waals surface area contributed by atoms with Crippen molar-refractivity contribution in [2.75, 3.05) is 18.5 Å². The maximum atomic E-state index is 12.1. The van der Waals surface area contributed by atoms with E-state index in [1.807, 2.05) is 0 Å². The zero-order valence-corrected chi connectivity index (χ0v) is 12.3. The van der Waals surface area contributed by atoms with Crippen molar-refractivity contribution in [2.45, 2.75) is 24.7 Å². The SMILES string of the molecule is Cl.NC1(C(=O)Nc2ccc(OC(F)(F)F)cc2)CCOCC1. The normalized spacial score (nSPS) is 17.3. The molecule has 1 aliphatic heterocycles. The van der Waals surface area contributed by atoms with E-state index < -0.39 is 11.9 Å². The fraction of sp³-hybridized carbons (Fsp3) is 0.462. The zero-order valence-electron chi connectivity index (χ0n) is 11.5. The highest BCUT2D eigenvalue weighted by molar-refractivity contribution is 5.98. The molecule has 1 heterocycles. The number of hydrogen-bond donors (Lipinski definition) is 2. The molecule has 0 spiro atoms. The second-order valence-electron chi connectivity index (χ2n) is 4.79. The molecule has 0 aromatic heterocycles. The van der Waals surface area contributed by atoms with Crippen LogP contribution >= 0.6 is 12.4 Å². The third-order valence-electron chi connectivity index (χ3n) is 3.18. The van der Waals surface area contributed by atoms with E-state index in [1.54, 1.807) is 0 Å². The number of anilines is 1. The van der Waals surface area contributed by atoms with Crippen LogP contribution in [0.1, 0.15) is 12.8 Å². The summed E-state index contributed by atoms with van der Waals surface area (Å²) in [5, 5.41) is 2.59. The zero-order chi connectivity index (χ0) is 15.5. The molecular weight excluding hydrogens is 325 g/mol. The van der Waals surface area contributed by atoms with Crippen LogP contribution in [0.2, 0.25) is 0 Å². The minimum atomic E-state index is -4.74. The van der Waals surface area contributed by atoms with Gasteiger partial charge in [-0.3, -0.25) is 4.79 Å². The number of nitrogens with one attached hydrogen (secondary N) is 1. The van der Waals surface area contributed by atoms with Crippen molar-refractivity contribution in [1.82, 2.24) is 0 Å². The van der Waals surface area contributed by atoms with Crippen LogP contribution in [0, 0.1) is 0 Å². The van der Waals surface area contributed by atoms with Gasteiger partial charge >= 0.3 is 6.36 Å². The summed E-state index contributed by atoms with van der Waals surface area (Å²) >= 11 is 0. The Bertz CT molecular complexity index is 502. The van der Waals surface area contributed by atoms with E-state index in [1.165, 1.54) is 12.1 Å². The fourth-order valence-corrected chi connectivity index (χ4v) is 1.96. The first-order chi connectivity index (χ1) is 9.78. The predicted molar refractivity (Wildman–Crippen MR) is 76.0 cm³/mol. The van der Waals surface area contributed by atoms with Crippen LogP contribution in [-0.4, -0.2) is 31.0 Å². The number of ether oxygens (including phenoxy) is 2. The van der Waals surface area contributed by atoms with E-state index in [4.69, 9.17) is 10.5 Å². The summed E-state index contributed by atoms with van der Waals surface area (Å²) in [4.78, 5) is 12.1. The largest absolute Gasteiger partial charge is 0.573 e. The number of nitrogens with two attached hydrogens (primary N) is 1. The minimum absolute atomic E-state index is 0. The van der Waals surface area contributed by atoms with Crippen molar-refractivity contribution in [1.29, 1.82) is 0 Å². The maximum absolute atomic E-state index is 12.1. The Morgan fingerprint density at radius 3 is 2.27 bits per heavy atom. The predicted octanol–water partition coefficient (Wildman–Crippen LogP) is 2.45. The molecule has 3 N–H and O–H groups in total. The topological polar surface area (TPSA) is 73.6 Å². The Labute approximate surface area is 131 Å². The molecule has 1 saturated heterocycles. The van der Waals surface area contributed by atoms with Crippen LogP contribution in [-0.2, 0) is 9.53 Å². The summed E-state index contributed by atoms with van der Waals surface area (Å²) in [7, 11) is 0. The number of rotatable bonds is 3. The molecule has 1 amide bonds. The molecule has 22 heavy (non-hydrogen) atoms. The van der Waals surface area contributed by atoms with Crippen LogP contribution in [0.5, 0.6) is 5.75 Å². The lowest BCUT2D eigenvalue weighted by atomic mass is 9.90. The Morgan fingerprint density at radius 1 is 1.23 bits per heavy atom. The summed E-state index contributed by atoms with van der Waals surface area (Å²) in [5.41, 5.74) is 5.34. The lowest BCUT2D eigenvalue weighted by Gasteiger charge is -2.31. The standard InChI is InChI=1S/C13H15F3N2O3.ClH/c14-13(15,16)21-10-3-1-9(2-4-10)18-11(19)12(17)5-7-20-8-6-12;/h1-4H,5-8,17H2,(H,18,19);1H. The van der Waals surface area contributed by atoms with Gasteiger partial charge in [-0.15, -0.1) is 25.6 Å². The number of amides is 1. The lowest BCUT2D eigenvalue weighted by molar-refractivity contribution is -0.274. The molecule has 0 atom stereocenters. The van der Waals surface area contributed by atoms with Gasteiger partial charge in [-0.25, -0.2) is 0 Å². The fourth-order valence-electron chi connectivity index (χ4n) is 1.96. The smallest absolute Gasteiger partial charge is 0.406 e. The van der Waals surface area contributed by atoms with Gasteiger partial charge in [0.05, 0.1) is 0 Å². The number of carbonyl (C=O) groups is 1. The highest BCUT2D eigenvalue weighted by Crippen LogP contribution is 2.25. The quantitative estimate of drug-likeness (QED) is 0.886. The minimum Gasteiger partial charge on any atom is -0.406 e. The molecule has 9 heteroatoms. The second-order valence-corrected chi connectivity index (χ2v) is 4.79. The molecule has 0 bridgehead atoms. The maximum Gasteiger partial charge on any atom is 0.573 e. The molecule has 1 fully saturated rings. The molecule has 1 aromatic rings. The number of alkyl halides is 3. The molecule has 2 rings (SSSR count). The van der Waals surface area contributed by atoms with Crippen molar-refractivity contribution in [3.05, 3.63) is 24.3 Å². The molecular formula is C13H16ClF3N2O3. The average molecular weight is 341 g/mol. The number of benzene rings is 1. The first-order valence-corrected chi connectivity index (χ1v) is 6.32. The van der Waals surface area contributed by atoms with Crippen LogP contribution < -0.4 is 15.8 Å². The lowest BCUT2D eigenvalue weighted by Crippen LogP contribution is -2.54. The van der Waals surface area contributed by atoms with Crippen LogP contribution in [0.15, 0.2) is 24.3 Å². The molecule has 1 aliphatic rings. The Hall–Kier alpha value is -1.51. The van der Waals surface area contributed by atoms with Crippen molar-refractivity contribution in [2.24, 2.45) is 5.73 Å². The molecule has 0 saturated carbocycles. The van der Waals surface area contributed by atoms with Gasteiger partial charge in [0, 0.05) is 18.9 Å². The van der Waals surface area contributed by atoms with Crippen LogP contribution in [0.4, 0.5) is 18.9 Å². The highest BCUT2D eigenvalue weighted by Gasteiger charge is 2.36. The van der Waals surface area contributed by atoms with Gasteiger partial charge in [0.15, 0.2) is 0 Å². The van der Waals surface area contributed by atoms with Gasteiger partial charge in [0.1, 0.15) is 11.3 Å². The first kappa shape index (κ1) is 18.5. The van der Waals surface area contributed by atoms with Gasteiger partial charge in [0.2, 0.25) is 5.91 Å². The molecule has 1 aromatic carbocycles. The summed E-state index contributed by atoms with van der Waals surface area (Å²) in [6.07, 6.45) is -3.95. The molecule has 0 radical (unpaired) electrons. The van der Waals surface area contributed by atoms with E-state index in [9.17, 15) is 18.0 Å². The third-order valence-corrected chi connectivity index (χ3v) is 3.18. The van der Waals surface area contributed by atoms with Crippen molar-refractivity contribution in [3.8, 4) is 5.75 Å². The van der Waals surface area contributed by atoms with Crippen LogP contribution in [0.25, 0.3) is 0 Å². The van der Waals surface area contributed by atoms with E-state index in [0.29, 0.717) is 31.7 Å². The van der Waals surface area contributed by atoms with E-state index in [2.05, 4.69) is 10.1 Å². The summed E-state index contributed by atoms with van der Waals surface area (Å²) in [5.74, 6) is -0.732. The van der Waals surface area contributed by atoms with E-state index in [-0.39, 0.29) is 24.1 Å². The molecule has 0 aliphatic carbocycles. The number of carbonyl (C=O) groups excluding carboxylic acids is 1. The van der Waals surface area contributed by atoms with Crippen molar-refractivity contribution >= 4 is 24.0 Å². The Morgan fingerprint density at radius 2 is 1.77 bits per heavy atom. The van der Waals surface area contributed by atoms with Gasteiger partial charge in [-0.1, -0.05) is 0 Å². The average Bonchev–Trinajstić information content (AvgIpc) is 2.40. The second kappa shape index (κ2) is 7.17. The molecule has 5 nitrogen and oxygen atoms in total. The van der Waals surface area contributed by atoms with Crippen molar-refractivity contribution in [3.63, 3.8) is 0 Å². The first-order valence-electron chi connectivity index (χ1n) is 6.32. The van der Waals surface area contributed by atoms with E-state index in [0.717, 1.165) is 12.1 Å². The molecule has 124 valence electrons. The summed E-state index contributed by atoms with van der Waals surface area (Å²) in [6.45, 7) is 0.810. The van der Waals surface area contributed by atoms with Gasteiger partial charge in [0.25, 0.3) is 0 Å². The summed E-state index contributed by atoms with van der Waals surface area (Å²) in [6, 6.07) is 4.88. The molecule has 0 unspecified atom stereocenters. The monoisotopic (exact) mass is 340 g/mol. The number of hydrogen-bond acceptors (Lipinski definition) is 4. The van der Waals surface area contributed by atoms with E-state index >= 15 is 0 Å². The van der Waals surface area contributed by atoms with Crippen LogP contribution in [0.3, 0.4) is 0 Å². The van der Waals surface area contributed by atoms with Crippen molar-refractivity contribution < 1.29 is 27.4 Å². The van der Waals surface area contributed by atoms with Gasteiger partial charge < -0.3 is 20.5 Å². The Balaban J connectivity index is 0.00000242.